The summed E-state index contributed by atoms with van der Waals surface area (Å²) < 4.78 is 0. The van der Waals surface area contributed by atoms with Crippen molar-refractivity contribution in [1.29, 1.82) is 0 Å². The van der Waals surface area contributed by atoms with Crippen LogP contribution in [0, 0.1) is 0 Å². The van der Waals surface area contributed by atoms with Gasteiger partial charge >= 0.3 is 0 Å². The van der Waals surface area contributed by atoms with E-state index in [-0.39, 0.29) is 0 Å². The van der Waals surface area contributed by atoms with E-state index >= 15 is 0 Å². The fraction of sp³-hybridized carbons (Fsp3) is 0.500. The quantitative estimate of drug-likeness (QED) is 0.442. The van der Waals surface area contributed by atoms with Gasteiger partial charge in [-0.05, 0) is 0 Å². The molecule has 0 amide bonds. The Kier molecular flexibility index (Phi) is 3.92. The normalized spacial score (nSPS) is 7.40. The summed E-state index contributed by atoms with van der Waals surface area (Å²) in [5.41, 5.74) is 1.96. The molecule has 0 saturated heterocycles. The zero-order valence-corrected chi connectivity index (χ0v) is 4.49. The molecular weight excluding hydrogens is 76.1 g/mol. The second kappa shape index (κ2) is 3.96. The average molecular weight is 84.2 g/mol. The van der Waals surface area contributed by atoms with Crippen LogP contribution in [-0.2, 0) is 0 Å². The summed E-state index contributed by atoms with van der Waals surface area (Å²) in [5.74, 6) is 0. The Morgan fingerprint density at radius 3 is 2.60 bits per heavy atom. The molecule has 0 atom stereocenters. The fourth-order valence-electron chi connectivity index (χ4n) is 0.144. The monoisotopic (exact) mass is 84.0 g/mol. The zero-order valence-electron chi connectivity index (χ0n) is 3.49. The van der Waals surface area contributed by atoms with E-state index in [4.69, 9.17) is 0 Å². The van der Waals surface area contributed by atoms with Gasteiger partial charge < -0.3 is 0 Å². The van der Waals surface area contributed by atoms with Gasteiger partial charge in [-0.1, -0.05) is 13.0 Å². The molecule has 0 aromatic rings. The van der Waals surface area contributed by atoms with E-state index in [0.29, 0.717) is 0 Å². The highest BCUT2D eigenvalue weighted by atomic mass is 28.2. The van der Waals surface area contributed by atoms with E-state index in [9.17, 15) is 0 Å². The topological polar surface area (TPSA) is 0 Å². The highest BCUT2D eigenvalue weighted by Gasteiger charge is 1.65. The molecule has 2 radical (unpaired) electrons. The number of rotatable bonds is 2. The van der Waals surface area contributed by atoms with Crippen molar-refractivity contribution in [2.75, 3.05) is 0 Å². The fourth-order valence-corrected chi connectivity index (χ4v) is 0.433. The molecule has 0 heterocycles. The maximum absolute atomic E-state index is 3.56. The van der Waals surface area contributed by atoms with Gasteiger partial charge in [-0.3, -0.25) is 0 Å². The number of hydrogen-bond acceptors (Lipinski definition) is 0. The lowest BCUT2D eigenvalue weighted by Crippen LogP contribution is -1.72. The van der Waals surface area contributed by atoms with Gasteiger partial charge in [-0.15, -0.1) is 12.3 Å². The van der Waals surface area contributed by atoms with Crippen LogP contribution in [0.1, 0.15) is 6.92 Å². The Balaban J connectivity index is 2.40. The van der Waals surface area contributed by atoms with E-state index in [2.05, 4.69) is 13.5 Å². The summed E-state index contributed by atoms with van der Waals surface area (Å²) in [6, 6.07) is 1.25. The Labute approximate surface area is 35.7 Å². The Morgan fingerprint density at radius 1 is 2.00 bits per heavy atom. The van der Waals surface area contributed by atoms with Gasteiger partial charge in [0.05, 0.1) is 9.52 Å². The molecule has 28 valence electrons. The van der Waals surface area contributed by atoms with E-state index in [1.807, 2.05) is 5.70 Å². The molecule has 1 heteroatoms. The van der Waals surface area contributed by atoms with Crippen molar-refractivity contribution in [1.82, 2.24) is 0 Å². The van der Waals surface area contributed by atoms with E-state index in [1.54, 1.807) is 0 Å². The van der Waals surface area contributed by atoms with Gasteiger partial charge in [0.25, 0.3) is 0 Å². The van der Waals surface area contributed by atoms with Gasteiger partial charge in [0.2, 0.25) is 0 Å². The first kappa shape index (κ1) is 4.96. The molecule has 0 rings (SSSR count). The van der Waals surface area contributed by atoms with E-state index in [1.165, 1.54) is 6.04 Å². The summed E-state index contributed by atoms with van der Waals surface area (Å²) in [7, 11) is 0.961. The minimum Gasteiger partial charge on any atom is -0.107 e. The van der Waals surface area contributed by atoms with Crippen molar-refractivity contribution in [2.24, 2.45) is 0 Å². The second-order valence-electron chi connectivity index (χ2n) is 0.762. The average Bonchev–Trinajstić information content (AvgIpc) is 1.41. The highest BCUT2D eigenvalue weighted by molar-refractivity contribution is 6.41. The van der Waals surface area contributed by atoms with Crippen LogP contribution in [0.4, 0.5) is 0 Å². The van der Waals surface area contributed by atoms with Crippen LogP contribution in [0.15, 0.2) is 12.3 Å². The molecule has 0 N–H and O–H groups in total. The maximum atomic E-state index is 3.56. The number of hydrogen-bond donors (Lipinski definition) is 0. The van der Waals surface area contributed by atoms with Gasteiger partial charge in [0, 0.05) is 0 Å². The first-order valence-corrected chi connectivity index (χ1v) is 3.04. The largest absolute Gasteiger partial charge is 0.107 e. The van der Waals surface area contributed by atoms with Crippen LogP contribution in [0.3, 0.4) is 0 Å². The van der Waals surface area contributed by atoms with Crippen molar-refractivity contribution in [2.45, 2.75) is 13.0 Å². The predicted molar refractivity (Wildman–Crippen MR) is 26.4 cm³/mol. The van der Waals surface area contributed by atoms with Crippen LogP contribution < -0.4 is 0 Å². The van der Waals surface area contributed by atoms with Gasteiger partial charge in [-0.2, -0.15) is 0 Å². The minimum atomic E-state index is 0.961. The summed E-state index contributed by atoms with van der Waals surface area (Å²) in [4.78, 5) is 0. The van der Waals surface area contributed by atoms with Crippen LogP contribution >= 0.6 is 0 Å². The molecule has 0 unspecified atom stereocenters. The second-order valence-corrected chi connectivity index (χ2v) is 2.29. The molecular formula is C4H8Si. The molecule has 0 saturated carbocycles. The first-order chi connectivity index (χ1) is 2.41. The molecule has 0 spiro atoms. The van der Waals surface area contributed by atoms with Crippen LogP contribution in [-0.4, -0.2) is 9.52 Å². The van der Waals surface area contributed by atoms with Gasteiger partial charge in [0.1, 0.15) is 0 Å². The summed E-state index contributed by atoms with van der Waals surface area (Å²) in [6.45, 7) is 5.72. The molecule has 0 aliphatic carbocycles. The Hall–Kier alpha value is -0.0431. The van der Waals surface area contributed by atoms with Crippen molar-refractivity contribution in [3.8, 4) is 0 Å². The van der Waals surface area contributed by atoms with E-state index < -0.39 is 0 Å². The van der Waals surface area contributed by atoms with Gasteiger partial charge in [0.15, 0.2) is 0 Å². The van der Waals surface area contributed by atoms with Crippen molar-refractivity contribution in [3.05, 3.63) is 12.3 Å². The lowest BCUT2D eigenvalue weighted by molar-refractivity contribution is 1.46. The summed E-state index contributed by atoms with van der Waals surface area (Å²) in [6.07, 6.45) is 0. The lowest BCUT2D eigenvalue weighted by atomic mass is 11.0. The van der Waals surface area contributed by atoms with Crippen molar-refractivity contribution < 1.29 is 0 Å². The molecule has 5 heavy (non-hydrogen) atoms. The van der Waals surface area contributed by atoms with Crippen LogP contribution in [0.2, 0.25) is 6.04 Å². The molecule has 0 aromatic heterocycles. The summed E-state index contributed by atoms with van der Waals surface area (Å²) >= 11 is 0. The minimum absolute atomic E-state index is 0.961. The van der Waals surface area contributed by atoms with Gasteiger partial charge in [-0.25, -0.2) is 0 Å². The smallest absolute Gasteiger partial charge is 0.0692 e. The zero-order chi connectivity index (χ0) is 4.12. The third-order valence-electron chi connectivity index (χ3n) is 0.348. The first-order valence-electron chi connectivity index (χ1n) is 1.76. The molecule has 0 aliphatic rings. The van der Waals surface area contributed by atoms with Crippen LogP contribution in [0.25, 0.3) is 0 Å². The molecule has 0 bridgehead atoms. The van der Waals surface area contributed by atoms with Crippen molar-refractivity contribution >= 4 is 9.52 Å². The predicted octanol–water partition coefficient (Wildman–Crippen LogP) is 1.27. The SMILES string of the molecule is C=C[Si]CC. The molecule has 0 fully saturated rings. The third kappa shape index (κ3) is 3.96. The Bertz CT molecular complexity index is 24.8. The molecule has 0 aromatic carbocycles. The molecule has 0 nitrogen and oxygen atoms in total. The van der Waals surface area contributed by atoms with Crippen LogP contribution in [0.5, 0.6) is 0 Å². The van der Waals surface area contributed by atoms with E-state index in [0.717, 1.165) is 9.52 Å². The highest BCUT2D eigenvalue weighted by Crippen LogP contribution is 1.68. The standard InChI is InChI=1S/C4H8Si/c1-3-5-4-2/h3H,1,4H2,2H3. The Morgan fingerprint density at radius 2 is 2.60 bits per heavy atom. The summed E-state index contributed by atoms with van der Waals surface area (Å²) in [5, 5.41) is 0. The van der Waals surface area contributed by atoms with Crippen molar-refractivity contribution in [3.63, 3.8) is 0 Å². The maximum Gasteiger partial charge on any atom is 0.0692 e. The third-order valence-corrected chi connectivity index (χ3v) is 1.05. The molecule has 0 aliphatic heterocycles. The lowest BCUT2D eigenvalue weighted by Gasteiger charge is -1.69.